The zero-order valence-electron chi connectivity index (χ0n) is 22.1. The number of unbranched alkanes of at least 4 members (excludes halogenated alkanes) is 3. The first-order chi connectivity index (χ1) is 18.0. The largest absolute Gasteiger partial charge is 0.508 e. The fraction of sp³-hybridized carbons (Fsp3) is 0.438. The molecule has 0 saturated heterocycles. The number of phenolic OH excluding ortho intramolecular Hbond substituents is 1. The number of hydrogen-bond acceptors (Lipinski definition) is 5. The summed E-state index contributed by atoms with van der Waals surface area (Å²) < 4.78 is 5.82. The molecule has 3 N–H and O–H groups in total. The molecule has 2 unspecified atom stereocenters. The monoisotopic (exact) mass is 505 g/mol. The van der Waals surface area contributed by atoms with Gasteiger partial charge in [-0.25, -0.2) is 0 Å². The van der Waals surface area contributed by atoms with Gasteiger partial charge in [0, 0.05) is 31.9 Å². The summed E-state index contributed by atoms with van der Waals surface area (Å²) in [6.07, 6.45) is 5.02. The Morgan fingerprint density at radius 1 is 0.757 bits per heavy atom. The Morgan fingerprint density at radius 2 is 1.41 bits per heavy atom. The highest BCUT2D eigenvalue weighted by atomic mass is 16.5. The molecule has 37 heavy (non-hydrogen) atoms. The van der Waals surface area contributed by atoms with Gasteiger partial charge in [-0.15, -0.1) is 0 Å². The van der Waals surface area contributed by atoms with Gasteiger partial charge in [0.25, 0.3) is 0 Å². The molecular weight excluding hydrogens is 462 g/mol. The molecule has 0 spiro atoms. The standard InChI is InChI=1S/C32H43NO4/c1-26(34)30-23-29(18-19-31(30)35)32(36)25-33(24-28-15-8-5-9-16-28)20-10-2-3-11-21-37-22-12-17-27-13-6-4-7-14-27/h4-9,13-16,18-19,23,26,32,34-36H,2-3,10-12,17,20-22,24-25H2,1H3. The first kappa shape index (κ1) is 28.9. The fourth-order valence-corrected chi connectivity index (χ4v) is 4.56. The van der Waals surface area contributed by atoms with E-state index in [9.17, 15) is 15.3 Å². The molecule has 0 fully saturated rings. The number of aliphatic hydroxyl groups excluding tert-OH is 2. The molecule has 0 heterocycles. The predicted molar refractivity (Wildman–Crippen MR) is 149 cm³/mol. The lowest BCUT2D eigenvalue weighted by atomic mass is 10.0. The Morgan fingerprint density at radius 3 is 2.11 bits per heavy atom. The zero-order chi connectivity index (χ0) is 26.3. The second kappa shape index (κ2) is 16.2. The summed E-state index contributed by atoms with van der Waals surface area (Å²) in [7, 11) is 0. The van der Waals surface area contributed by atoms with Gasteiger partial charge >= 0.3 is 0 Å². The number of hydrogen-bond donors (Lipinski definition) is 3. The molecule has 0 radical (unpaired) electrons. The lowest BCUT2D eigenvalue weighted by Gasteiger charge is -2.26. The number of aromatic hydroxyl groups is 1. The van der Waals surface area contributed by atoms with Gasteiger partial charge in [-0.05, 0) is 68.0 Å². The van der Waals surface area contributed by atoms with Crippen LogP contribution in [0.2, 0.25) is 0 Å². The van der Waals surface area contributed by atoms with Gasteiger partial charge in [-0.2, -0.15) is 0 Å². The minimum atomic E-state index is -0.791. The normalized spacial score (nSPS) is 13.1. The zero-order valence-corrected chi connectivity index (χ0v) is 22.1. The first-order valence-electron chi connectivity index (χ1n) is 13.6. The third kappa shape index (κ3) is 10.7. The third-order valence-corrected chi connectivity index (χ3v) is 6.68. The van der Waals surface area contributed by atoms with Crippen LogP contribution in [0.5, 0.6) is 5.75 Å². The quantitative estimate of drug-likeness (QED) is 0.191. The molecule has 3 aromatic carbocycles. The van der Waals surface area contributed by atoms with Crippen LogP contribution in [0.3, 0.4) is 0 Å². The molecule has 0 aliphatic carbocycles. The van der Waals surface area contributed by atoms with Crippen LogP contribution >= 0.6 is 0 Å². The van der Waals surface area contributed by atoms with Gasteiger partial charge < -0.3 is 20.1 Å². The predicted octanol–water partition coefficient (Wildman–Crippen LogP) is 6.19. The molecule has 200 valence electrons. The van der Waals surface area contributed by atoms with Crippen molar-refractivity contribution in [3.8, 4) is 5.75 Å². The smallest absolute Gasteiger partial charge is 0.121 e. The van der Waals surface area contributed by atoms with E-state index in [1.165, 1.54) is 11.1 Å². The minimum absolute atomic E-state index is 0.0484. The highest BCUT2D eigenvalue weighted by Gasteiger charge is 2.17. The van der Waals surface area contributed by atoms with Crippen molar-refractivity contribution in [2.45, 2.75) is 64.2 Å². The summed E-state index contributed by atoms with van der Waals surface area (Å²) in [5.41, 5.74) is 3.73. The van der Waals surface area contributed by atoms with Crippen molar-refractivity contribution in [1.82, 2.24) is 4.90 Å². The maximum atomic E-state index is 11.0. The fourth-order valence-electron chi connectivity index (χ4n) is 4.56. The molecule has 3 rings (SSSR count). The number of phenols is 1. The van der Waals surface area contributed by atoms with E-state index in [2.05, 4.69) is 41.3 Å². The van der Waals surface area contributed by atoms with Crippen molar-refractivity contribution >= 4 is 0 Å². The molecule has 0 bridgehead atoms. The Balaban J connectivity index is 1.39. The summed E-state index contributed by atoms with van der Waals surface area (Å²) in [6, 6.07) is 25.8. The van der Waals surface area contributed by atoms with E-state index in [1.54, 1.807) is 25.1 Å². The van der Waals surface area contributed by atoms with Crippen molar-refractivity contribution in [3.63, 3.8) is 0 Å². The molecule has 0 amide bonds. The van der Waals surface area contributed by atoms with E-state index in [1.807, 2.05) is 24.3 Å². The second-order valence-electron chi connectivity index (χ2n) is 9.85. The van der Waals surface area contributed by atoms with Crippen molar-refractivity contribution in [1.29, 1.82) is 0 Å². The molecule has 0 aliphatic heterocycles. The van der Waals surface area contributed by atoms with Gasteiger partial charge in [0.2, 0.25) is 0 Å². The van der Waals surface area contributed by atoms with Crippen molar-refractivity contribution in [2.24, 2.45) is 0 Å². The van der Waals surface area contributed by atoms with E-state index in [0.717, 1.165) is 64.8 Å². The van der Waals surface area contributed by atoms with Crippen molar-refractivity contribution in [2.75, 3.05) is 26.3 Å². The summed E-state index contributed by atoms with van der Waals surface area (Å²) in [5.74, 6) is 0.0484. The third-order valence-electron chi connectivity index (χ3n) is 6.68. The molecular formula is C32H43NO4. The maximum Gasteiger partial charge on any atom is 0.121 e. The van der Waals surface area contributed by atoms with Crippen LogP contribution in [-0.4, -0.2) is 46.5 Å². The molecule has 0 saturated carbocycles. The number of aryl methyl sites for hydroxylation is 1. The van der Waals surface area contributed by atoms with Crippen LogP contribution in [-0.2, 0) is 17.7 Å². The molecule has 0 aromatic heterocycles. The Hall–Kier alpha value is -2.70. The summed E-state index contributed by atoms with van der Waals surface area (Å²) in [6.45, 7) is 5.39. The van der Waals surface area contributed by atoms with E-state index in [4.69, 9.17) is 4.74 Å². The maximum absolute atomic E-state index is 11.0. The van der Waals surface area contributed by atoms with Gasteiger partial charge in [-0.1, -0.05) is 79.6 Å². The van der Waals surface area contributed by atoms with Gasteiger partial charge in [0.1, 0.15) is 5.75 Å². The number of rotatable bonds is 17. The highest BCUT2D eigenvalue weighted by Crippen LogP contribution is 2.28. The van der Waals surface area contributed by atoms with Crippen LogP contribution in [0.15, 0.2) is 78.9 Å². The molecule has 5 nitrogen and oxygen atoms in total. The number of benzene rings is 3. The van der Waals surface area contributed by atoms with Crippen molar-refractivity contribution < 1.29 is 20.1 Å². The number of nitrogens with zero attached hydrogens (tertiary/aromatic N) is 1. The van der Waals surface area contributed by atoms with Crippen LogP contribution < -0.4 is 0 Å². The SMILES string of the molecule is CC(O)c1cc(C(O)CN(CCCCCCOCCCc2ccccc2)Cc2ccccc2)ccc1O. The summed E-state index contributed by atoms with van der Waals surface area (Å²) in [4.78, 5) is 2.29. The van der Waals surface area contributed by atoms with Crippen molar-refractivity contribution in [3.05, 3.63) is 101 Å². The first-order valence-corrected chi connectivity index (χ1v) is 13.6. The van der Waals surface area contributed by atoms with Gasteiger partial charge in [0.05, 0.1) is 12.2 Å². The van der Waals surface area contributed by atoms with E-state index >= 15 is 0 Å². The average Bonchev–Trinajstić information content (AvgIpc) is 2.91. The Bertz CT molecular complexity index is 1010. The van der Waals surface area contributed by atoms with Crippen LogP contribution in [0.1, 0.15) is 73.5 Å². The molecule has 5 heteroatoms. The van der Waals surface area contributed by atoms with Crippen LogP contribution in [0.4, 0.5) is 0 Å². The Labute approximate surface area is 222 Å². The van der Waals surface area contributed by atoms with E-state index in [0.29, 0.717) is 17.7 Å². The lowest BCUT2D eigenvalue weighted by Crippen LogP contribution is -2.29. The summed E-state index contributed by atoms with van der Waals surface area (Å²) in [5, 5.41) is 30.9. The summed E-state index contributed by atoms with van der Waals surface area (Å²) >= 11 is 0. The topological polar surface area (TPSA) is 73.2 Å². The van der Waals surface area contributed by atoms with Crippen LogP contribution in [0, 0.1) is 0 Å². The van der Waals surface area contributed by atoms with Gasteiger partial charge in [-0.3, -0.25) is 4.90 Å². The van der Waals surface area contributed by atoms with Crippen LogP contribution in [0.25, 0.3) is 0 Å². The number of ether oxygens (including phenoxy) is 1. The lowest BCUT2D eigenvalue weighted by molar-refractivity contribution is 0.106. The molecule has 0 aliphatic rings. The molecule has 2 atom stereocenters. The highest BCUT2D eigenvalue weighted by molar-refractivity contribution is 5.38. The molecule has 3 aromatic rings. The second-order valence-corrected chi connectivity index (χ2v) is 9.85. The number of aliphatic hydroxyl groups is 2. The van der Waals surface area contributed by atoms with E-state index in [-0.39, 0.29) is 5.75 Å². The van der Waals surface area contributed by atoms with E-state index < -0.39 is 12.2 Å². The minimum Gasteiger partial charge on any atom is -0.508 e. The van der Waals surface area contributed by atoms with Gasteiger partial charge in [0.15, 0.2) is 0 Å². The average molecular weight is 506 g/mol. The Kier molecular flexibility index (Phi) is 12.6.